The van der Waals surface area contributed by atoms with Gasteiger partial charge >= 0.3 is 0 Å². The predicted octanol–water partition coefficient (Wildman–Crippen LogP) is 3.86. The number of fused-ring (bicyclic) bond motifs is 1. The standard InChI is InChI=1S/C25H35F2N5O2/c1-5-23(33)31-10-11-34-20(16-31)15-30-8-6-19(7-9-30)29-21-12-18(25(4,26)27)14-32-22(17(2)3)13-28-24(21)32/h5,12-14,17,19-20,29H,1,6-11,15-16H2,2-4H3/t20-/m0/s1. The minimum Gasteiger partial charge on any atom is -0.379 e. The van der Waals surface area contributed by atoms with E-state index in [9.17, 15) is 13.6 Å². The zero-order valence-corrected chi connectivity index (χ0v) is 20.3. The number of aromatic nitrogens is 2. The number of likely N-dealkylation sites (tertiary alicyclic amines) is 1. The molecule has 186 valence electrons. The molecule has 2 aliphatic heterocycles. The maximum Gasteiger partial charge on any atom is 0.272 e. The Kier molecular flexibility index (Phi) is 7.23. The summed E-state index contributed by atoms with van der Waals surface area (Å²) < 4.78 is 36.2. The van der Waals surface area contributed by atoms with Crippen molar-refractivity contribution in [1.29, 1.82) is 0 Å². The van der Waals surface area contributed by atoms with Gasteiger partial charge in [0.25, 0.3) is 5.92 Å². The van der Waals surface area contributed by atoms with Crippen molar-refractivity contribution in [2.24, 2.45) is 0 Å². The summed E-state index contributed by atoms with van der Waals surface area (Å²) in [5.41, 5.74) is 2.23. The Bertz CT molecular complexity index is 1020. The van der Waals surface area contributed by atoms with Crippen molar-refractivity contribution in [3.8, 4) is 0 Å². The second-order valence-corrected chi connectivity index (χ2v) is 9.76. The first kappa shape index (κ1) is 24.6. The number of alkyl halides is 2. The van der Waals surface area contributed by atoms with Crippen molar-refractivity contribution in [3.05, 3.63) is 42.4 Å². The van der Waals surface area contributed by atoms with Gasteiger partial charge < -0.3 is 24.3 Å². The topological polar surface area (TPSA) is 62.1 Å². The lowest BCUT2D eigenvalue weighted by Crippen LogP contribution is -2.51. The average molecular weight is 476 g/mol. The van der Waals surface area contributed by atoms with Gasteiger partial charge in [-0.25, -0.2) is 13.8 Å². The van der Waals surface area contributed by atoms with Crippen molar-refractivity contribution in [3.63, 3.8) is 0 Å². The minimum absolute atomic E-state index is 0.00961. The Balaban J connectivity index is 1.41. The summed E-state index contributed by atoms with van der Waals surface area (Å²) in [6, 6.07) is 1.71. The summed E-state index contributed by atoms with van der Waals surface area (Å²) in [7, 11) is 0. The molecule has 0 radical (unpaired) electrons. The first-order valence-corrected chi connectivity index (χ1v) is 12.1. The minimum atomic E-state index is -2.94. The zero-order valence-electron chi connectivity index (χ0n) is 20.3. The van der Waals surface area contributed by atoms with E-state index in [4.69, 9.17) is 4.74 Å². The van der Waals surface area contributed by atoms with Crippen molar-refractivity contribution in [1.82, 2.24) is 19.2 Å². The number of piperidine rings is 1. The Hall–Kier alpha value is -2.52. The van der Waals surface area contributed by atoms with E-state index >= 15 is 0 Å². The van der Waals surface area contributed by atoms with Crippen molar-refractivity contribution in [2.75, 3.05) is 44.6 Å². The van der Waals surface area contributed by atoms with Gasteiger partial charge in [-0.3, -0.25) is 4.79 Å². The van der Waals surface area contributed by atoms with Crippen molar-refractivity contribution < 1.29 is 18.3 Å². The van der Waals surface area contributed by atoms with Crippen LogP contribution in [0.1, 0.15) is 50.8 Å². The molecule has 2 aliphatic rings. The molecule has 34 heavy (non-hydrogen) atoms. The molecule has 1 atom stereocenters. The van der Waals surface area contributed by atoms with Gasteiger partial charge in [-0.05, 0) is 30.9 Å². The van der Waals surface area contributed by atoms with Crippen LogP contribution in [-0.2, 0) is 15.5 Å². The number of rotatable bonds is 7. The molecular weight excluding hydrogens is 440 g/mol. The maximum absolute atomic E-state index is 14.2. The van der Waals surface area contributed by atoms with Crippen LogP contribution in [0, 0.1) is 0 Å². The number of anilines is 1. The average Bonchev–Trinajstić information content (AvgIpc) is 3.24. The van der Waals surface area contributed by atoms with Gasteiger partial charge in [-0.2, -0.15) is 0 Å². The monoisotopic (exact) mass is 475 g/mol. The van der Waals surface area contributed by atoms with E-state index in [1.807, 2.05) is 13.8 Å². The number of amides is 1. The molecule has 2 aromatic heterocycles. The molecule has 2 fully saturated rings. The quantitative estimate of drug-likeness (QED) is 0.617. The fourth-order valence-electron chi connectivity index (χ4n) is 4.81. The van der Waals surface area contributed by atoms with Gasteiger partial charge in [0.05, 0.1) is 18.4 Å². The molecule has 9 heteroatoms. The van der Waals surface area contributed by atoms with E-state index in [1.165, 1.54) is 12.3 Å². The number of ether oxygens (including phenoxy) is 1. The summed E-state index contributed by atoms with van der Waals surface area (Å²) in [6.45, 7) is 12.8. The Morgan fingerprint density at radius 2 is 2.09 bits per heavy atom. The van der Waals surface area contributed by atoms with Crippen LogP contribution in [0.5, 0.6) is 0 Å². The zero-order chi connectivity index (χ0) is 24.5. The molecule has 7 nitrogen and oxygen atoms in total. The van der Waals surface area contributed by atoms with Crippen LogP contribution >= 0.6 is 0 Å². The molecule has 1 N–H and O–H groups in total. The van der Waals surface area contributed by atoms with Gasteiger partial charge in [0, 0.05) is 69.3 Å². The number of carbonyl (C=O) groups excluding carboxylic acids is 1. The summed E-state index contributed by atoms with van der Waals surface area (Å²) >= 11 is 0. The molecular formula is C25H35F2N5O2. The highest BCUT2D eigenvalue weighted by atomic mass is 19.3. The third-order valence-electron chi connectivity index (χ3n) is 6.77. The number of hydrogen-bond donors (Lipinski definition) is 1. The smallest absolute Gasteiger partial charge is 0.272 e. The molecule has 2 aromatic rings. The molecule has 0 aliphatic carbocycles. The van der Waals surface area contributed by atoms with Crippen molar-refractivity contribution >= 4 is 17.2 Å². The number of nitrogens with one attached hydrogen (secondary N) is 1. The third-order valence-corrected chi connectivity index (χ3v) is 6.77. The van der Waals surface area contributed by atoms with Crippen LogP contribution in [0.4, 0.5) is 14.5 Å². The van der Waals surface area contributed by atoms with Gasteiger partial charge in [0.15, 0.2) is 5.65 Å². The first-order valence-electron chi connectivity index (χ1n) is 12.1. The predicted molar refractivity (Wildman–Crippen MR) is 128 cm³/mol. The normalized spacial score (nSPS) is 20.8. The largest absolute Gasteiger partial charge is 0.379 e. The third kappa shape index (κ3) is 5.41. The number of carbonyl (C=O) groups is 1. The number of nitrogens with zero attached hydrogens (tertiary/aromatic N) is 4. The van der Waals surface area contributed by atoms with E-state index in [2.05, 4.69) is 21.8 Å². The number of halogens is 2. The fraction of sp³-hybridized carbons (Fsp3) is 0.600. The van der Waals surface area contributed by atoms with E-state index in [0.29, 0.717) is 31.0 Å². The molecule has 0 bridgehead atoms. The van der Waals surface area contributed by atoms with Gasteiger partial charge in [-0.1, -0.05) is 20.4 Å². The fourth-order valence-corrected chi connectivity index (χ4v) is 4.81. The molecule has 4 rings (SSSR count). The van der Waals surface area contributed by atoms with Gasteiger partial charge in [0.2, 0.25) is 5.91 Å². The Labute approximate surface area is 199 Å². The lowest BCUT2D eigenvalue weighted by molar-refractivity contribution is -0.134. The van der Waals surface area contributed by atoms with E-state index in [0.717, 1.165) is 45.1 Å². The highest BCUT2D eigenvalue weighted by Gasteiger charge is 2.29. The van der Waals surface area contributed by atoms with E-state index < -0.39 is 5.92 Å². The van der Waals surface area contributed by atoms with Crippen LogP contribution in [0.3, 0.4) is 0 Å². The molecule has 4 heterocycles. The summed E-state index contributed by atoms with van der Waals surface area (Å²) in [6.07, 6.45) is 6.40. The molecule has 1 amide bonds. The highest BCUT2D eigenvalue weighted by molar-refractivity contribution is 5.87. The van der Waals surface area contributed by atoms with Crippen LogP contribution in [0.25, 0.3) is 5.65 Å². The number of hydrogen-bond acceptors (Lipinski definition) is 5. The second-order valence-electron chi connectivity index (χ2n) is 9.76. The Morgan fingerprint density at radius 1 is 1.35 bits per heavy atom. The molecule has 0 aromatic carbocycles. The maximum atomic E-state index is 14.2. The van der Waals surface area contributed by atoms with Crippen LogP contribution in [0.2, 0.25) is 0 Å². The van der Waals surface area contributed by atoms with Gasteiger partial charge in [0.1, 0.15) is 0 Å². The van der Waals surface area contributed by atoms with E-state index in [-0.39, 0.29) is 29.5 Å². The lowest BCUT2D eigenvalue weighted by Gasteiger charge is -2.38. The van der Waals surface area contributed by atoms with Crippen LogP contribution in [-0.4, -0.2) is 76.6 Å². The summed E-state index contributed by atoms with van der Waals surface area (Å²) in [5.74, 6) is -2.82. The van der Waals surface area contributed by atoms with Crippen LogP contribution in [0.15, 0.2) is 31.1 Å². The van der Waals surface area contributed by atoms with Crippen molar-refractivity contribution in [2.45, 2.75) is 57.6 Å². The summed E-state index contributed by atoms with van der Waals surface area (Å²) in [5, 5.41) is 3.50. The number of pyridine rings is 1. The number of imidazole rings is 1. The first-order chi connectivity index (χ1) is 16.2. The summed E-state index contributed by atoms with van der Waals surface area (Å²) in [4.78, 5) is 20.6. The van der Waals surface area contributed by atoms with E-state index in [1.54, 1.807) is 21.6 Å². The molecule has 0 saturated carbocycles. The Morgan fingerprint density at radius 3 is 2.74 bits per heavy atom. The highest BCUT2D eigenvalue weighted by Crippen LogP contribution is 2.33. The lowest BCUT2D eigenvalue weighted by atomic mass is 10.0. The molecule has 0 spiro atoms. The SMILES string of the molecule is C=CC(=O)N1CCO[C@@H](CN2CCC(Nc3cc(C(C)(F)F)cn4c(C(C)C)cnc34)CC2)C1. The molecule has 0 unspecified atom stereocenters. The van der Waals surface area contributed by atoms with Crippen LogP contribution < -0.4 is 5.32 Å². The second kappa shape index (κ2) is 10.00. The molecule has 2 saturated heterocycles. The number of morpholine rings is 1. The van der Waals surface area contributed by atoms with Gasteiger partial charge in [-0.15, -0.1) is 0 Å².